The van der Waals surface area contributed by atoms with E-state index in [2.05, 4.69) is 15.2 Å². The van der Waals surface area contributed by atoms with Crippen LogP contribution in [0.3, 0.4) is 0 Å². The highest BCUT2D eigenvalue weighted by Gasteiger charge is 2.05. The standard InChI is InChI=1S/C13H19N3O2/c1-14-7-3-4-8-16(2)10-5-6-11-12(9-10)18-13(17)15-11/h5-6,9,14H,3-4,7-8H2,1-2H3,(H,15,17). The topological polar surface area (TPSA) is 61.3 Å². The molecule has 1 aromatic carbocycles. The van der Waals surface area contributed by atoms with E-state index in [0.717, 1.165) is 37.1 Å². The summed E-state index contributed by atoms with van der Waals surface area (Å²) in [6, 6.07) is 5.76. The van der Waals surface area contributed by atoms with Gasteiger partial charge >= 0.3 is 5.76 Å². The molecule has 1 heterocycles. The molecular formula is C13H19N3O2. The van der Waals surface area contributed by atoms with Crippen LogP contribution in [-0.2, 0) is 0 Å². The summed E-state index contributed by atoms with van der Waals surface area (Å²) in [4.78, 5) is 15.9. The Morgan fingerprint density at radius 1 is 1.39 bits per heavy atom. The van der Waals surface area contributed by atoms with E-state index in [4.69, 9.17) is 4.42 Å². The normalized spacial score (nSPS) is 11.0. The molecule has 0 fully saturated rings. The summed E-state index contributed by atoms with van der Waals surface area (Å²) in [5.74, 6) is -0.404. The zero-order valence-electron chi connectivity index (χ0n) is 10.8. The fraction of sp³-hybridized carbons (Fsp3) is 0.462. The van der Waals surface area contributed by atoms with Crippen LogP contribution in [0.4, 0.5) is 5.69 Å². The maximum absolute atomic E-state index is 11.1. The molecule has 2 rings (SSSR count). The van der Waals surface area contributed by atoms with Crippen molar-refractivity contribution in [3.05, 3.63) is 28.7 Å². The monoisotopic (exact) mass is 249 g/mol. The lowest BCUT2D eigenvalue weighted by molar-refractivity contribution is 0.555. The van der Waals surface area contributed by atoms with E-state index in [0.29, 0.717) is 5.58 Å². The van der Waals surface area contributed by atoms with Gasteiger partial charge in [0.05, 0.1) is 5.52 Å². The van der Waals surface area contributed by atoms with Crippen molar-refractivity contribution < 1.29 is 4.42 Å². The first kappa shape index (κ1) is 12.7. The molecular weight excluding hydrogens is 230 g/mol. The summed E-state index contributed by atoms with van der Waals surface area (Å²) in [6.07, 6.45) is 2.29. The van der Waals surface area contributed by atoms with E-state index in [9.17, 15) is 4.79 Å². The van der Waals surface area contributed by atoms with Crippen LogP contribution in [0.5, 0.6) is 0 Å². The van der Waals surface area contributed by atoms with Crippen molar-refractivity contribution in [2.45, 2.75) is 12.8 Å². The number of aromatic amines is 1. The SMILES string of the molecule is CNCCCCN(C)c1ccc2[nH]c(=O)oc2c1. The van der Waals surface area contributed by atoms with Crippen LogP contribution < -0.4 is 16.0 Å². The zero-order valence-corrected chi connectivity index (χ0v) is 10.8. The van der Waals surface area contributed by atoms with Gasteiger partial charge in [0.25, 0.3) is 0 Å². The first-order valence-electron chi connectivity index (χ1n) is 6.19. The fourth-order valence-electron chi connectivity index (χ4n) is 1.95. The molecule has 0 aliphatic carbocycles. The molecule has 0 unspecified atom stereocenters. The van der Waals surface area contributed by atoms with Crippen LogP contribution in [0.15, 0.2) is 27.4 Å². The Labute approximate surface area is 106 Å². The second-order valence-corrected chi connectivity index (χ2v) is 4.43. The van der Waals surface area contributed by atoms with Gasteiger partial charge in [-0.05, 0) is 38.6 Å². The minimum Gasteiger partial charge on any atom is -0.408 e. The number of nitrogens with one attached hydrogen (secondary N) is 2. The molecule has 0 aliphatic rings. The van der Waals surface area contributed by atoms with Gasteiger partial charge in [-0.3, -0.25) is 4.98 Å². The van der Waals surface area contributed by atoms with Crippen LogP contribution >= 0.6 is 0 Å². The quantitative estimate of drug-likeness (QED) is 0.763. The van der Waals surface area contributed by atoms with Crippen LogP contribution in [0.2, 0.25) is 0 Å². The lowest BCUT2D eigenvalue weighted by Crippen LogP contribution is -2.19. The number of benzene rings is 1. The molecule has 2 aromatic rings. The number of anilines is 1. The molecule has 0 saturated carbocycles. The lowest BCUT2D eigenvalue weighted by Gasteiger charge is -2.18. The predicted molar refractivity (Wildman–Crippen MR) is 73.3 cm³/mol. The number of H-pyrrole nitrogens is 1. The van der Waals surface area contributed by atoms with Gasteiger partial charge in [0.1, 0.15) is 0 Å². The largest absolute Gasteiger partial charge is 0.417 e. The summed E-state index contributed by atoms with van der Waals surface area (Å²) < 4.78 is 5.05. The van der Waals surface area contributed by atoms with Gasteiger partial charge in [-0.15, -0.1) is 0 Å². The number of hydrogen-bond acceptors (Lipinski definition) is 4. The number of unbranched alkanes of at least 4 members (excludes halogenated alkanes) is 1. The molecule has 0 bridgehead atoms. The average Bonchev–Trinajstić information content (AvgIpc) is 2.73. The fourth-order valence-corrected chi connectivity index (χ4v) is 1.95. The number of oxazole rings is 1. The Kier molecular flexibility index (Phi) is 4.04. The Balaban J connectivity index is 2.03. The van der Waals surface area contributed by atoms with Crippen molar-refractivity contribution in [2.24, 2.45) is 0 Å². The molecule has 0 saturated heterocycles. The van der Waals surface area contributed by atoms with Gasteiger partial charge < -0.3 is 14.6 Å². The minimum absolute atomic E-state index is 0.404. The Bertz CT molecular complexity index is 559. The van der Waals surface area contributed by atoms with Gasteiger partial charge in [0.2, 0.25) is 0 Å². The van der Waals surface area contributed by atoms with Crippen LogP contribution in [-0.4, -0.2) is 32.2 Å². The van der Waals surface area contributed by atoms with Gasteiger partial charge in [-0.25, -0.2) is 4.79 Å². The van der Waals surface area contributed by atoms with Crippen molar-refractivity contribution in [3.63, 3.8) is 0 Å². The van der Waals surface area contributed by atoms with Crippen molar-refractivity contribution in [3.8, 4) is 0 Å². The van der Waals surface area contributed by atoms with Gasteiger partial charge in [0.15, 0.2) is 5.58 Å². The maximum atomic E-state index is 11.1. The third-order valence-electron chi connectivity index (χ3n) is 3.02. The second-order valence-electron chi connectivity index (χ2n) is 4.43. The van der Waals surface area contributed by atoms with Crippen LogP contribution in [0.1, 0.15) is 12.8 Å². The van der Waals surface area contributed by atoms with Crippen molar-refractivity contribution in [1.82, 2.24) is 10.3 Å². The minimum atomic E-state index is -0.404. The molecule has 5 nitrogen and oxygen atoms in total. The van der Waals surface area contributed by atoms with Gasteiger partial charge in [0, 0.05) is 25.3 Å². The first-order valence-corrected chi connectivity index (χ1v) is 6.19. The highest BCUT2D eigenvalue weighted by molar-refractivity contribution is 5.76. The molecule has 0 spiro atoms. The van der Waals surface area contributed by atoms with E-state index >= 15 is 0 Å². The average molecular weight is 249 g/mol. The van der Waals surface area contributed by atoms with Crippen molar-refractivity contribution >= 4 is 16.8 Å². The van der Waals surface area contributed by atoms with E-state index < -0.39 is 5.76 Å². The van der Waals surface area contributed by atoms with E-state index in [1.54, 1.807) is 0 Å². The molecule has 1 aromatic heterocycles. The molecule has 2 N–H and O–H groups in total. The molecule has 0 radical (unpaired) electrons. The van der Waals surface area contributed by atoms with Crippen molar-refractivity contribution in [1.29, 1.82) is 0 Å². The van der Waals surface area contributed by atoms with Gasteiger partial charge in [-0.2, -0.15) is 0 Å². The van der Waals surface area contributed by atoms with Gasteiger partial charge in [-0.1, -0.05) is 0 Å². The van der Waals surface area contributed by atoms with E-state index in [1.165, 1.54) is 0 Å². The number of rotatable bonds is 6. The number of hydrogen-bond donors (Lipinski definition) is 2. The summed E-state index contributed by atoms with van der Waals surface area (Å²) in [5.41, 5.74) is 2.42. The summed E-state index contributed by atoms with van der Waals surface area (Å²) in [6.45, 7) is 2.03. The molecule has 98 valence electrons. The molecule has 0 atom stereocenters. The summed E-state index contributed by atoms with van der Waals surface area (Å²) in [5, 5.41) is 3.14. The van der Waals surface area contributed by atoms with E-state index in [-0.39, 0.29) is 0 Å². The molecule has 0 amide bonds. The highest BCUT2D eigenvalue weighted by atomic mass is 16.4. The predicted octanol–water partition coefficient (Wildman–Crippen LogP) is 1.56. The van der Waals surface area contributed by atoms with Crippen molar-refractivity contribution in [2.75, 3.05) is 32.1 Å². The highest BCUT2D eigenvalue weighted by Crippen LogP contribution is 2.19. The molecule has 18 heavy (non-hydrogen) atoms. The zero-order chi connectivity index (χ0) is 13.0. The Morgan fingerprint density at radius 2 is 2.22 bits per heavy atom. The summed E-state index contributed by atoms with van der Waals surface area (Å²) in [7, 11) is 4.01. The third kappa shape index (κ3) is 2.92. The smallest absolute Gasteiger partial charge is 0.408 e. The Hall–Kier alpha value is -1.75. The van der Waals surface area contributed by atoms with Crippen LogP contribution in [0, 0.1) is 0 Å². The lowest BCUT2D eigenvalue weighted by atomic mass is 10.2. The molecule has 0 aliphatic heterocycles. The Morgan fingerprint density at radius 3 is 3.00 bits per heavy atom. The maximum Gasteiger partial charge on any atom is 0.417 e. The number of aromatic nitrogens is 1. The second kappa shape index (κ2) is 5.73. The number of fused-ring (bicyclic) bond motifs is 1. The third-order valence-corrected chi connectivity index (χ3v) is 3.02. The first-order chi connectivity index (χ1) is 8.70. The van der Waals surface area contributed by atoms with Crippen LogP contribution in [0.25, 0.3) is 11.1 Å². The summed E-state index contributed by atoms with van der Waals surface area (Å²) >= 11 is 0. The number of nitrogens with zero attached hydrogens (tertiary/aromatic N) is 1. The molecule has 5 heteroatoms. The van der Waals surface area contributed by atoms with E-state index in [1.807, 2.05) is 32.3 Å².